The van der Waals surface area contributed by atoms with Gasteiger partial charge in [-0.1, -0.05) is 12.5 Å². The minimum atomic E-state index is -0.512. The monoisotopic (exact) mass is 227 g/mol. The van der Waals surface area contributed by atoms with E-state index in [2.05, 4.69) is 11.9 Å². The molecule has 0 aliphatic rings. The van der Waals surface area contributed by atoms with E-state index in [1.165, 1.54) is 6.92 Å². The van der Waals surface area contributed by atoms with Crippen molar-refractivity contribution in [2.45, 2.75) is 45.6 Å². The van der Waals surface area contributed by atoms with Crippen LogP contribution < -0.4 is 5.32 Å². The van der Waals surface area contributed by atoms with Crippen LogP contribution in [0.2, 0.25) is 0 Å². The Labute approximate surface area is 97.1 Å². The maximum absolute atomic E-state index is 11.5. The van der Waals surface area contributed by atoms with Crippen LogP contribution in [0.15, 0.2) is 12.7 Å². The number of allylic oxidation sites excluding steroid dienone is 1. The van der Waals surface area contributed by atoms with Gasteiger partial charge in [0.25, 0.3) is 0 Å². The van der Waals surface area contributed by atoms with E-state index in [1.807, 2.05) is 6.08 Å². The van der Waals surface area contributed by atoms with Gasteiger partial charge in [0.15, 0.2) is 0 Å². The molecule has 0 saturated heterocycles. The van der Waals surface area contributed by atoms with E-state index in [1.54, 1.807) is 6.92 Å². The fourth-order valence-electron chi connectivity index (χ4n) is 1.37. The van der Waals surface area contributed by atoms with Crippen molar-refractivity contribution in [3.8, 4) is 0 Å². The number of hydrogen-bond acceptors (Lipinski definition) is 3. The zero-order chi connectivity index (χ0) is 12.4. The Morgan fingerprint density at radius 1 is 1.44 bits per heavy atom. The molecule has 1 atom stereocenters. The molecule has 0 aliphatic carbocycles. The average Bonchev–Trinajstić information content (AvgIpc) is 2.22. The van der Waals surface area contributed by atoms with Gasteiger partial charge < -0.3 is 10.1 Å². The van der Waals surface area contributed by atoms with Crippen LogP contribution in [0.4, 0.5) is 0 Å². The van der Waals surface area contributed by atoms with Crippen molar-refractivity contribution in [1.29, 1.82) is 0 Å². The van der Waals surface area contributed by atoms with Crippen LogP contribution in [0.3, 0.4) is 0 Å². The molecule has 4 heteroatoms. The van der Waals surface area contributed by atoms with Gasteiger partial charge in [-0.2, -0.15) is 0 Å². The van der Waals surface area contributed by atoms with Gasteiger partial charge in [-0.3, -0.25) is 4.79 Å². The van der Waals surface area contributed by atoms with Gasteiger partial charge in [-0.15, -0.1) is 6.58 Å². The maximum atomic E-state index is 11.5. The largest absolute Gasteiger partial charge is 0.464 e. The van der Waals surface area contributed by atoms with Crippen molar-refractivity contribution in [3.63, 3.8) is 0 Å². The van der Waals surface area contributed by atoms with Crippen molar-refractivity contribution in [1.82, 2.24) is 5.32 Å². The molecule has 0 aromatic rings. The normalized spacial score (nSPS) is 11.6. The van der Waals surface area contributed by atoms with Crippen molar-refractivity contribution < 1.29 is 14.3 Å². The highest BCUT2D eigenvalue weighted by atomic mass is 16.5. The fourth-order valence-corrected chi connectivity index (χ4v) is 1.37. The fraction of sp³-hybridized carbons (Fsp3) is 0.667. The number of unbranched alkanes of at least 4 members (excludes halogenated alkanes) is 2. The highest BCUT2D eigenvalue weighted by Gasteiger charge is 2.19. The lowest BCUT2D eigenvalue weighted by Gasteiger charge is -2.15. The topological polar surface area (TPSA) is 55.4 Å². The Morgan fingerprint density at radius 3 is 2.62 bits per heavy atom. The second-order valence-corrected chi connectivity index (χ2v) is 3.58. The summed E-state index contributed by atoms with van der Waals surface area (Å²) in [4.78, 5) is 22.4. The molecule has 0 aromatic carbocycles. The lowest BCUT2D eigenvalue weighted by atomic mass is 10.1. The summed E-state index contributed by atoms with van der Waals surface area (Å²) in [6.07, 6.45) is 5.23. The number of amides is 1. The Balaban J connectivity index is 4.04. The van der Waals surface area contributed by atoms with Crippen molar-refractivity contribution in [2.75, 3.05) is 6.61 Å². The predicted molar refractivity (Wildman–Crippen MR) is 62.9 cm³/mol. The zero-order valence-electron chi connectivity index (χ0n) is 10.1. The van der Waals surface area contributed by atoms with Gasteiger partial charge in [0, 0.05) is 6.92 Å². The van der Waals surface area contributed by atoms with Crippen LogP contribution >= 0.6 is 0 Å². The number of ether oxygens (including phenoxy) is 1. The van der Waals surface area contributed by atoms with Crippen molar-refractivity contribution >= 4 is 11.9 Å². The van der Waals surface area contributed by atoms with Crippen LogP contribution in [-0.4, -0.2) is 24.5 Å². The molecule has 0 unspecified atom stereocenters. The third-order valence-corrected chi connectivity index (χ3v) is 2.10. The van der Waals surface area contributed by atoms with Gasteiger partial charge in [0.2, 0.25) is 5.91 Å². The minimum absolute atomic E-state index is 0.207. The second-order valence-electron chi connectivity index (χ2n) is 3.58. The summed E-state index contributed by atoms with van der Waals surface area (Å²) in [5.74, 6) is -0.557. The maximum Gasteiger partial charge on any atom is 0.328 e. The molecule has 0 bridgehead atoms. The standard InChI is InChI=1S/C12H21NO3/c1-4-6-7-8-9-11(13-10(3)14)12(15)16-5-2/h4,11H,1,5-9H2,2-3H3,(H,13,14)/t11-/m0/s1. The van der Waals surface area contributed by atoms with Gasteiger partial charge in [0.1, 0.15) is 6.04 Å². The first-order chi connectivity index (χ1) is 7.61. The van der Waals surface area contributed by atoms with E-state index in [9.17, 15) is 9.59 Å². The van der Waals surface area contributed by atoms with Crippen LogP contribution in [-0.2, 0) is 14.3 Å². The summed E-state index contributed by atoms with van der Waals surface area (Å²) < 4.78 is 4.89. The minimum Gasteiger partial charge on any atom is -0.464 e. The summed E-state index contributed by atoms with van der Waals surface area (Å²) in [5, 5.41) is 2.60. The molecule has 0 fully saturated rings. The van der Waals surface area contributed by atoms with Gasteiger partial charge in [-0.25, -0.2) is 4.79 Å². The number of nitrogens with one attached hydrogen (secondary N) is 1. The van der Waals surface area contributed by atoms with E-state index in [0.29, 0.717) is 13.0 Å². The van der Waals surface area contributed by atoms with E-state index in [4.69, 9.17) is 4.74 Å². The predicted octanol–water partition coefficient (Wildman–Crippen LogP) is 1.80. The molecule has 0 aliphatic heterocycles. The Bertz CT molecular complexity index is 238. The first-order valence-corrected chi connectivity index (χ1v) is 5.66. The van der Waals surface area contributed by atoms with Crippen molar-refractivity contribution in [3.05, 3.63) is 12.7 Å². The summed E-state index contributed by atoms with van der Waals surface area (Å²) in [6, 6.07) is -0.512. The molecule has 0 spiro atoms. The first kappa shape index (κ1) is 14.7. The average molecular weight is 227 g/mol. The Hall–Kier alpha value is -1.32. The molecule has 0 aromatic heterocycles. The molecule has 16 heavy (non-hydrogen) atoms. The third-order valence-electron chi connectivity index (χ3n) is 2.10. The summed E-state index contributed by atoms with van der Waals surface area (Å²) in [6.45, 7) is 7.11. The molecule has 0 radical (unpaired) electrons. The first-order valence-electron chi connectivity index (χ1n) is 5.66. The Morgan fingerprint density at radius 2 is 2.12 bits per heavy atom. The number of rotatable bonds is 8. The molecule has 0 heterocycles. The highest BCUT2D eigenvalue weighted by molar-refractivity contribution is 5.83. The van der Waals surface area contributed by atoms with Crippen LogP contribution in [0.1, 0.15) is 39.5 Å². The zero-order valence-corrected chi connectivity index (χ0v) is 10.1. The molecule has 1 N–H and O–H groups in total. The number of hydrogen-bond donors (Lipinski definition) is 1. The smallest absolute Gasteiger partial charge is 0.328 e. The van der Waals surface area contributed by atoms with E-state index >= 15 is 0 Å². The second kappa shape index (κ2) is 8.95. The molecule has 4 nitrogen and oxygen atoms in total. The van der Waals surface area contributed by atoms with Crippen LogP contribution in [0.25, 0.3) is 0 Å². The molecule has 0 rings (SSSR count). The number of esters is 1. The third kappa shape index (κ3) is 7.04. The molecule has 1 amide bonds. The highest BCUT2D eigenvalue weighted by Crippen LogP contribution is 2.06. The summed E-state index contributed by atoms with van der Waals surface area (Å²) in [7, 11) is 0. The molecule has 92 valence electrons. The summed E-state index contributed by atoms with van der Waals surface area (Å²) in [5.41, 5.74) is 0. The van der Waals surface area contributed by atoms with Gasteiger partial charge in [-0.05, 0) is 26.2 Å². The number of carbonyl (C=O) groups is 2. The summed E-state index contributed by atoms with van der Waals surface area (Å²) >= 11 is 0. The van der Waals surface area contributed by atoms with E-state index in [-0.39, 0.29) is 11.9 Å². The van der Waals surface area contributed by atoms with Gasteiger partial charge >= 0.3 is 5.97 Å². The van der Waals surface area contributed by atoms with E-state index < -0.39 is 6.04 Å². The lowest BCUT2D eigenvalue weighted by molar-refractivity contribution is -0.147. The molecular formula is C12H21NO3. The number of carbonyl (C=O) groups excluding carboxylic acids is 2. The van der Waals surface area contributed by atoms with Crippen molar-refractivity contribution in [2.24, 2.45) is 0 Å². The Kier molecular flexibility index (Phi) is 8.21. The quantitative estimate of drug-likeness (QED) is 0.391. The lowest BCUT2D eigenvalue weighted by Crippen LogP contribution is -2.40. The SMILES string of the molecule is C=CCCCC[C@H](NC(C)=O)C(=O)OCC. The van der Waals surface area contributed by atoms with Gasteiger partial charge in [0.05, 0.1) is 6.61 Å². The van der Waals surface area contributed by atoms with Crippen LogP contribution in [0.5, 0.6) is 0 Å². The molecule has 0 saturated carbocycles. The molecular weight excluding hydrogens is 206 g/mol. The van der Waals surface area contributed by atoms with E-state index in [0.717, 1.165) is 19.3 Å². The van der Waals surface area contributed by atoms with Crippen LogP contribution in [0, 0.1) is 0 Å².